The Kier molecular flexibility index (Phi) is 8.80. The molecule has 1 amide bonds. The van der Waals surface area contributed by atoms with Gasteiger partial charge in [-0.15, -0.1) is 0 Å². The second-order valence-corrected chi connectivity index (χ2v) is 8.16. The van der Waals surface area contributed by atoms with E-state index in [0.29, 0.717) is 62.4 Å². The largest absolute Gasteiger partial charge is 0.381 e. The van der Waals surface area contributed by atoms with Gasteiger partial charge in [-0.2, -0.15) is 10.4 Å². The fraction of sp³-hybridized carbons (Fsp3) is 0.542. The molecule has 0 spiro atoms. The van der Waals surface area contributed by atoms with Crippen LogP contribution in [0.15, 0.2) is 24.3 Å². The van der Waals surface area contributed by atoms with Crippen LogP contribution in [-0.4, -0.2) is 47.2 Å². The van der Waals surface area contributed by atoms with Crippen molar-refractivity contribution in [1.29, 1.82) is 5.26 Å². The number of nitriles is 1. The summed E-state index contributed by atoms with van der Waals surface area (Å²) in [6, 6.07) is 8.82. The van der Waals surface area contributed by atoms with Crippen molar-refractivity contribution in [1.82, 2.24) is 15.1 Å². The maximum absolute atomic E-state index is 12.9. The Balaban J connectivity index is 1.70. The molecule has 2 heterocycles. The van der Waals surface area contributed by atoms with E-state index in [1.165, 1.54) is 0 Å². The lowest BCUT2D eigenvalue weighted by atomic mass is 10.1. The van der Waals surface area contributed by atoms with Crippen LogP contribution in [0.25, 0.3) is 0 Å². The fourth-order valence-corrected chi connectivity index (χ4v) is 3.84. The summed E-state index contributed by atoms with van der Waals surface area (Å²) in [5.41, 5.74) is 3.45. The van der Waals surface area contributed by atoms with Crippen molar-refractivity contribution in [2.24, 2.45) is 5.92 Å². The third kappa shape index (κ3) is 6.16. The van der Waals surface area contributed by atoms with Gasteiger partial charge in [-0.05, 0) is 43.7 Å². The standard InChI is InChI=1S/C24H32N4O4/c1-3-20-22-21(9-5-11-31-12-6-10-26-23(22)29)28(27-20)15-17(2)16-32-24(30)19-8-4-7-18(13-19)14-25/h4,7-8,13,17,24,30H,3,5-6,9-12,15-16H2,1-2H3,(H,26,29)/t17-,24?/m1/s1. The molecule has 1 aromatic carbocycles. The zero-order valence-electron chi connectivity index (χ0n) is 18.8. The average molecular weight is 441 g/mol. The van der Waals surface area contributed by atoms with Crippen LogP contribution in [0.4, 0.5) is 0 Å². The van der Waals surface area contributed by atoms with E-state index in [2.05, 4.69) is 11.4 Å². The second kappa shape index (κ2) is 11.8. The van der Waals surface area contributed by atoms with Gasteiger partial charge in [0.05, 0.1) is 35.2 Å². The number of aliphatic hydroxyl groups excluding tert-OH is 1. The monoisotopic (exact) mass is 440 g/mol. The molecule has 172 valence electrons. The normalized spacial score (nSPS) is 16.9. The third-order valence-corrected chi connectivity index (χ3v) is 5.47. The van der Waals surface area contributed by atoms with E-state index < -0.39 is 6.29 Å². The van der Waals surface area contributed by atoms with Gasteiger partial charge in [0.2, 0.25) is 0 Å². The fourth-order valence-electron chi connectivity index (χ4n) is 3.84. The lowest BCUT2D eigenvalue weighted by molar-refractivity contribution is -0.113. The summed E-state index contributed by atoms with van der Waals surface area (Å²) in [5, 5.41) is 27.1. The molecule has 1 aliphatic rings. The molecule has 2 aromatic rings. The van der Waals surface area contributed by atoms with Crippen LogP contribution in [-0.2, 0) is 28.9 Å². The molecule has 2 atom stereocenters. The lowest BCUT2D eigenvalue weighted by Crippen LogP contribution is -2.27. The number of aliphatic hydroxyl groups is 1. The number of hydrogen-bond acceptors (Lipinski definition) is 6. The van der Waals surface area contributed by atoms with Crippen molar-refractivity contribution in [2.45, 2.75) is 52.4 Å². The molecule has 0 saturated carbocycles. The third-order valence-electron chi connectivity index (χ3n) is 5.47. The smallest absolute Gasteiger partial charge is 0.255 e. The summed E-state index contributed by atoms with van der Waals surface area (Å²) >= 11 is 0. The number of aromatic nitrogens is 2. The highest BCUT2D eigenvalue weighted by atomic mass is 16.6. The first-order valence-electron chi connectivity index (χ1n) is 11.3. The van der Waals surface area contributed by atoms with Crippen LogP contribution in [0.1, 0.15) is 65.9 Å². The summed E-state index contributed by atoms with van der Waals surface area (Å²) in [7, 11) is 0. The van der Waals surface area contributed by atoms with Gasteiger partial charge in [0, 0.05) is 31.9 Å². The Morgan fingerprint density at radius 2 is 2.19 bits per heavy atom. The van der Waals surface area contributed by atoms with E-state index >= 15 is 0 Å². The summed E-state index contributed by atoms with van der Waals surface area (Å²) < 4.78 is 13.2. The molecule has 1 aliphatic heterocycles. The molecule has 0 fully saturated rings. The first-order chi connectivity index (χ1) is 15.5. The Labute approximate surface area is 189 Å². The van der Waals surface area contributed by atoms with E-state index in [-0.39, 0.29) is 11.8 Å². The second-order valence-electron chi connectivity index (χ2n) is 8.16. The molecule has 1 aromatic heterocycles. The van der Waals surface area contributed by atoms with Crippen molar-refractivity contribution in [3.05, 3.63) is 52.3 Å². The summed E-state index contributed by atoms with van der Waals surface area (Å²) in [6.45, 7) is 6.80. The van der Waals surface area contributed by atoms with Gasteiger partial charge < -0.3 is 19.9 Å². The van der Waals surface area contributed by atoms with Gasteiger partial charge in [-0.1, -0.05) is 26.0 Å². The van der Waals surface area contributed by atoms with Gasteiger partial charge in [0.25, 0.3) is 5.91 Å². The van der Waals surface area contributed by atoms with Crippen LogP contribution < -0.4 is 5.32 Å². The van der Waals surface area contributed by atoms with Crippen molar-refractivity contribution in [3.63, 3.8) is 0 Å². The number of hydrogen-bond donors (Lipinski definition) is 2. The highest BCUT2D eigenvalue weighted by Gasteiger charge is 2.24. The molecule has 8 heteroatoms. The quantitative estimate of drug-likeness (QED) is 0.641. The molecule has 32 heavy (non-hydrogen) atoms. The Morgan fingerprint density at radius 3 is 2.97 bits per heavy atom. The minimum atomic E-state index is -1.10. The maximum atomic E-state index is 12.9. The zero-order chi connectivity index (χ0) is 22.9. The first kappa shape index (κ1) is 23.9. The minimum absolute atomic E-state index is 0.0509. The van der Waals surface area contributed by atoms with E-state index in [9.17, 15) is 9.90 Å². The molecule has 0 radical (unpaired) electrons. The van der Waals surface area contributed by atoms with Gasteiger partial charge in [0.15, 0.2) is 6.29 Å². The van der Waals surface area contributed by atoms with Crippen molar-refractivity contribution >= 4 is 5.91 Å². The van der Waals surface area contributed by atoms with Gasteiger partial charge in [-0.3, -0.25) is 9.48 Å². The molecule has 0 saturated heterocycles. The summed E-state index contributed by atoms with van der Waals surface area (Å²) in [5.74, 6) is -0.0169. The van der Waals surface area contributed by atoms with Gasteiger partial charge in [0.1, 0.15) is 0 Å². The number of nitrogens with zero attached hydrogens (tertiary/aromatic N) is 3. The number of aryl methyl sites for hydroxylation is 1. The topological polar surface area (TPSA) is 109 Å². The summed E-state index contributed by atoms with van der Waals surface area (Å²) in [6.07, 6.45) is 1.91. The van der Waals surface area contributed by atoms with Crippen molar-refractivity contribution in [3.8, 4) is 6.07 Å². The zero-order valence-corrected chi connectivity index (χ0v) is 18.8. The molecule has 0 bridgehead atoms. The van der Waals surface area contributed by atoms with E-state index in [1.807, 2.05) is 18.5 Å². The minimum Gasteiger partial charge on any atom is -0.381 e. The molecule has 3 rings (SSSR count). The van der Waals surface area contributed by atoms with Crippen LogP contribution in [0, 0.1) is 17.2 Å². The SMILES string of the molecule is CCc1nn(C[C@@H](C)COC(O)c2cccc(C#N)c2)c2c1C(=O)NCCCOCCC2. The van der Waals surface area contributed by atoms with Crippen LogP contribution in [0.5, 0.6) is 0 Å². The molecule has 0 aliphatic carbocycles. The highest BCUT2D eigenvalue weighted by molar-refractivity contribution is 5.96. The number of amides is 1. The average Bonchev–Trinajstić information content (AvgIpc) is 3.13. The van der Waals surface area contributed by atoms with Crippen LogP contribution >= 0.6 is 0 Å². The molecule has 8 nitrogen and oxygen atoms in total. The lowest BCUT2D eigenvalue weighted by Gasteiger charge is -2.18. The van der Waals surface area contributed by atoms with E-state index in [0.717, 1.165) is 24.2 Å². The van der Waals surface area contributed by atoms with Crippen molar-refractivity contribution in [2.75, 3.05) is 26.4 Å². The maximum Gasteiger partial charge on any atom is 0.255 e. The van der Waals surface area contributed by atoms with Crippen molar-refractivity contribution < 1.29 is 19.4 Å². The summed E-state index contributed by atoms with van der Waals surface area (Å²) in [4.78, 5) is 12.9. The molecule has 1 unspecified atom stereocenters. The number of benzene rings is 1. The Morgan fingerprint density at radius 1 is 1.38 bits per heavy atom. The molecular formula is C24H32N4O4. The number of fused-ring (bicyclic) bond motifs is 1. The predicted molar refractivity (Wildman–Crippen MR) is 119 cm³/mol. The Bertz CT molecular complexity index is 950. The van der Waals surface area contributed by atoms with Gasteiger partial charge >= 0.3 is 0 Å². The van der Waals surface area contributed by atoms with Crippen LogP contribution in [0.3, 0.4) is 0 Å². The molecule has 2 N–H and O–H groups in total. The number of rotatable bonds is 7. The number of carbonyl (C=O) groups excluding carboxylic acids is 1. The Hall–Kier alpha value is -2.73. The first-order valence-corrected chi connectivity index (χ1v) is 11.3. The highest BCUT2D eigenvalue weighted by Crippen LogP contribution is 2.21. The number of carbonyl (C=O) groups is 1. The van der Waals surface area contributed by atoms with E-state index in [4.69, 9.17) is 19.8 Å². The van der Waals surface area contributed by atoms with E-state index in [1.54, 1.807) is 24.3 Å². The number of ether oxygens (including phenoxy) is 2. The van der Waals surface area contributed by atoms with Gasteiger partial charge in [-0.25, -0.2) is 0 Å². The van der Waals surface area contributed by atoms with Crippen LogP contribution in [0.2, 0.25) is 0 Å². The number of nitrogens with one attached hydrogen (secondary N) is 1. The predicted octanol–water partition coefficient (Wildman–Crippen LogP) is 2.74. The molecular weight excluding hydrogens is 408 g/mol.